The fraction of sp³-hybridized carbons (Fsp3) is 0.375. The molecular formula is C16H17N3O3S2. The van der Waals surface area contributed by atoms with E-state index in [4.69, 9.17) is 21.4 Å². The third-order valence-electron chi connectivity index (χ3n) is 3.52. The van der Waals surface area contributed by atoms with Crippen LogP contribution in [0, 0.1) is 0 Å². The summed E-state index contributed by atoms with van der Waals surface area (Å²) in [4.78, 5) is 13.9. The first-order chi connectivity index (χ1) is 11.7. The van der Waals surface area contributed by atoms with E-state index < -0.39 is 0 Å². The third kappa shape index (κ3) is 4.55. The zero-order valence-corrected chi connectivity index (χ0v) is 14.6. The first-order valence-corrected chi connectivity index (χ1v) is 9.07. The van der Waals surface area contributed by atoms with E-state index in [1.807, 2.05) is 30.3 Å². The van der Waals surface area contributed by atoms with Crippen molar-refractivity contribution in [3.63, 3.8) is 0 Å². The molecule has 0 spiro atoms. The topological polar surface area (TPSA) is 68.5 Å². The number of likely N-dealkylation sites (tertiary alicyclic amines) is 1. The van der Waals surface area contributed by atoms with Gasteiger partial charge >= 0.3 is 5.97 Å². The van der Waals surface area contributed by atoms with Crippen molar-refractivity contribution in [1.82, 2.24) is 15.1 Å². The molecule has 1 fully saturated rings. The van der Waals surface area contributed by atoms with Crippen molar-refractivity contribution in [3.8, 4) is 11.5 Å². The molecule has 0 saturated carbocycles. The van der Waals surface area contributed by atoms with Gasteiger partial charge in [0, 0.05) is 18.7 Å². The first-order valence-electron chi connectivity index (χ1n) is 7.67. The van der Waals surface area contributed by atoms with E-state index in [0.29, 0.717) is 5.89 Å². The van der Waals surface area contributed by atoms with Gasteiger partial charge in [-0.25, -0.2) is 0 Å². The highest BCUT2D eigenvalue weighted by atomic mass is 32.2. The molecule has 1 saturated heterocycles. The molecule has 0 unspecified atom stereocenters. The lowest BCUT2D eigenvalue weighted by atomic mass is 10.2. The Morgan fingerprint density at radius 1 is 1.25 bits per heavy atom. The zero-order valence-electron chi connectivity index (χ0n) is 13.0. The lowest BCUT2D eigenvalue weighted by Crippen LogP contribution is -2.24. The summed E-state index contributed by atoms with van der Waals surface area (Å²) in [5.74, 6) is 0.524. The zero-order chi connectivity index (χ0) is 16.8. The number of esters is 1. The molecule has 0 aliphatic carbocycles. The van der Waals surface area contributed by atoms with Gasteiger partial charge < -0.3 is 14.1 Å². The van der Waals surface area contributed by atoms with Crippen molar-refractivity contribution in [3.05, 3.63) is 36.2 Å². The number of hydrogen-bond acceptors (Lipinski definition) is 7. The maximum Gasteiger partial charge on any atom is 0.316 e. The lowest BCUT2D eigenvalue weighted by Gasteiger charge is -2.16. The number of nitrogens with zero attached hydrogens (tertiary/aromatic N) is 3. The van der Waals surface area contributed by atoms with Crippen LogP contribution in [0.1, 0.15) is 18.7 Å². The molecule has 3 rings (SSSR count). The molecule has 1 aromatic heterocycles. The van der Waals surface area contributed by atoms with E-state index in [9.17, 15) is 4.79 Å². The van der Waals surface area contributed by atoms with Crippen LogP contribution in [0.2, 0.25) is 0 Å². The molecule has 1 aliphatic heterocycles. The van der Waals surface area contributed by atoms with Gasteiger partial charge in [0.2, 0.25) is 5.89 Å². The fourth-order valence-electron chi connectivity index (χ4n) is 2.30. The van der Waals surface area contributed by atoms with Crippen LogP contribution in [-0.4, -0.2) is 44.2 Å². The van der Waals surface area contributed by atoms with Crippen molar-refractivity contribution < 1.29 is 13.9 Å². The number of thiocarbonyl (C=S) groups is 1. The van der Waals surface area contributed by atoms with Gasteiger partial charge in [-0.1, -0.05) is 42.2 Å². The Bertz CT molecular complexity index is 700. The predicted octanol–water partition coefficient (Wildman–Crippen LogP) is 2.89. The highest BCUT2D eigenvalue weighted by Crippen LogP contribution is 2.18. The van der Waals surface area contributed by atoms with E-state index in [-0.39, 0.29) is 24.2 Å². The number of hydrogen-bond donors (Lipinski definition) is 0. The summed E-state index contributed by atoms with van der Waals surface area (Å²) in [5, 5.41) is 7.84. The molecule has 8 heteroatoms. The molecular weight excluding hydrogens is 346 g/mol. The molecule has 24 heavy (non-hydrogen) atoms. The van der Waals surface area contributed by atoms with Gasteiger partial charge in [0.15, 0.2) is 6.61 Å². The van der Waals surface area contributed by atoms with Crippen LogP contribution >= 0.6 is 24.0 Å². The van der Waals surface area contributed by atoms with Crippen LogP contribution in [-0.2, 0) is 16.1 Å². The van der Waals surface area contributed by atoms with Crippen molar-refractivity contribution >= 4 is 34.3 Å². The number of thioether (sulfide) groups is 1. The SMILES string of the molecule is O=C(CSC(=S)N1CCCC1)OCc1nnc(-c2ccccc2)o1. The standard InChI is InChI=1S/C16H17N3O3S2/c20-14(11-24-16(23)19-8-4-5-9-19)21-10-13-17-18-15(22-13)12-6-2-1-3-7-12/h1-3,6-7H,4-5,8-11H2. The summed E-state index contributed by atoms with van der Waals surface area (Å²) in [7, 11) is 0. The van der Waals surface area contributed by atoms with Crippen LogP contribution in [0.15, 0.2) is 34.7 Å². The van der Waals surface area contributed by atoms with Crippen molar-refractivity contribution in [2.24, 2.45) is 0 Å². The average Bonchev–Trinajstić information content (AvgIpc) is 3.30. The fourth-order valence-corrected chi connectivity index (χ4v) is 3.35. The Labute approximate surface area is 149 Å². The van der Waals surface area contributed by atoms with Gasteiger partial charge in [0.25, 0.3) is 5.89 Å². The Morgan fingerprint density at radius 3 is 2.75 bits per heavy atom. The summed E-state index contributed by atoms with van der Waals surface area (Å²) in [6.07, 6.45) is 2.32. The molecule has 126 valence electrons. The van der Waals surface area contributed by atoms with E-state index in [0.717, 1.165) is 35.8 Å². The molecule has 1 aliphatic rings. The van der Waals surface area contributed by atoms with E-state index in [2.05, 4.69) is 15.1 Å². The summed E-state index contributed by atoms with van der Waals surface area (Å²) in [6, 6.07) is 9.44. The van der Waals surface area contributed by atoms with Crippen molar-refractivity contribution in [1.29, 1.82) is 0 Å². The second-order valence-corrected chi connectivity index (χ2v) is 6.89. The highest BCUT2D eigenvalue weighted by Gasteiger charge is 2.17. The van der Waals surface area contributed by atoms with Gasteiger partial charge in [-0.05, 0) is 25.0 Å². The number of rotatable bonds is 5. The molecule has 0 bridgehead atoms. The second kappa shape index (κ2) is 8.25. The Morgan fingerprint density at radius 2 is 2.00 bits per heavy atom. The molecule has 0 atom stereocenters. The largest absolute Gasteiger partial charge is 0.455 e. The molecule has 0 radical (unpaired) electrons. The normalized spacial score (nSPS) is 13.9. The number of aromatic nitrogens is 2. The Balaban J connectivity index is 1.43. The van der Waals surface area contributed by atoms with Crippen LogP contribution in [0.25, 0.3) is 11.5 Å². The van der Waals surface area contributed by atoms with Crippen molar-refractivity contribution in [2.45, 2.75) is 19.4 Å². The summed E-state index contributed by atoms with van der Waals surface area (Å²) >= 11 is 6.64. The molecule has 1 aromatic carbocycles. The van der Waals surface area contributed by atoms with Crippen molar-refractivity contribution in [2.75, 3.05) is 18.8 Å². The smallest absolute Gasteiger partial charge is 0.316 e. The number of carbonyl (C=O) groups excluding carboxylic acids is 1. The molecule has 6 nitrogen and oxygen atoms in total. The Kier molecular flexibility index (Phi) is 5.81. The van der Waals surface area contributed by atoms with Crippen LogP contribution < -0.4 is 0 Å². The van der Waals surface area contributed by atoms with Gasteiger partial charge in [-0.15, -0.1) is 10.2 Å². The van der Waals surface area contributed by atoms with Crippen LogP contribution in [0.3, 0.4) is 0 Å². The number of ether oxygens (including phenoxy) is 1. The molecule has 0 N–H and O–H groups in total. The number of carbonyl (C=O) groups is 1. The second-order valence-electron chi connectivity index (χ2n) is 5.28. The predicted molar refractivity (Wildman–Crippen MR) is 95.4 cm³/mol. The minimum Gasteiger partial charge on any atom is -0.455 e. The van der Waals surface area contributed by atoms with Gasteiger partial charge in [-0.2, -0.15) is 0 Å². The monoisotopic (exact) mass is 363 g/mol. The van der Waals surface area contributed by atoms with Gasteiger partial charge in [-0.3, -0.25) is 4.79 Å². The quantitative estimate of drug-likeness (QED) is 0.593. The highest BCUT2D eigenvalue weighted by molar-refractivity contribution is 8.23. The van der Waals surface area contributed by atoms with E-state index >= 15 is 0 Å². The molecule has 2 aromatic rings. The maximum absolute atomic E-state index is 11.8. The molecule has 0 amide bonds. The lowest BCUT2D eigenvalue weighted by molar-refractivity contribution is -0.142. The Hall–Kier alpha value is -1.93. The van der Waals surface area contributed by atoms with Crippen LogP contribution in [0.5, 0.6) is 0 Å². The number of benzene rings is 1. The third-order valence-corrected chi connectivity index (χ3v) is 5.02. The summed E-state index contributed by atoms with van der Waals surface area (Å²) < 4.78 is 11.4. The summed E-state index contributed by atoms with van der Waals surface area (Å²) in [5.41, 5.74) is 0.828. The molecule has 2 heterocycles. The van der Waals surface area contributed by atoms with Gasteiger partial charge in [0.05, 0.1) is 5.75 Å². The minimum atomic E-state index is -0.346. The van der Waals surface area contributed by atoms with E-state index in [1.165, 1.54) is 11.8 Å². The first kappa shape index (κ1) is 16.9. The minimum absolute atomic E-state index is 0.0320. The van der Waals surface area contributed by atoms with E-state index in [1.54, 1.807) is 0 Å². The van der Waals surface area contributed by atoms with Crippen LogP contribution in [0.4, 0.5) is 0 Å². The average molecular weight is 363 g/mol. The summed E-state index contributed by atoms with van der Waals surface area (Å²) in [6.45, 7) is 1.92. The maximum atomic E-state index is 11.8. The van der Waals surface area contributed by atoms with Gasteiger partial charge in [0.1, 0.15) is 4.32 Å².